The monoisotopic (exact) mass is 97.0 g/mol. The molecule has 0 amide bonds. The zero-order valence-corrected chi connectivity index (χ0v) is 3.89. The molecular formula is C4H5BFN. The summed E-state index contributed by atoms with van der Waals surface area (Å²) < 4.78 is 11.5. The molecule has 0 aromatic heterocycles. The van der Waals surface area contributed by atoms with E-state index in [2.05, 4.69) is 0 Å². The fourth-order valence-electron chi connectivity index (χ4n) is 0.576. The van der Waals surface area contributed by atoms with Crippen molar-refractivity contribution in [3.8, 4) is 6.07 Å². The molecule has 36 valence electrons. The molecule has 0 aromatic rings. The lowest BCUT2D eigenvalue weighted by Crippen LogP contribution is -1.76. The van der Waals surface area contributed by atoms with Gasteiger partial charge in [0.05, 0.1) is 6.07 Å². The van der Waals surface area contributed by atoms with Crippen LogP contribution in [0.15, 0.2) is 0 Å². The van der Waals surface area contributed by atoms with E-state index in [0.717, 1.165) is 6.42 Å². The average Bonchev–Trinajstić information content (AvgIpc) is 2.43. The molecule has 1 aliphatic carbocycles. The summed E-state index contributed by atoms with van der Waals surface area (Å²) in [6.45, 7) is 0. The zero-order chi connectivity index (χ0) is 5.28. The Morgan fingerprint density at radius 1 is 1.86 bits per heavy atom. The smallest absolute Gasteiger partial charge is 0.335 e. The molecule has 0 aliphatic heterocycles. The van der Waals surface area contributed by atoms with E-state index in [9.17, 15) is 4.32 Å². The van der Waals surface area contributed by atoms with E-state index >= 15 is 0 Å². The van der Waals surface area contributed by atoms with Crippen LogP contribution in [0, 0.1) is 17.2 Å². The molecule has 1 rings (SSSR count). The van der Waals surface area contributed by atoms with E-state index in [1.54, 1.807) is 0 Å². The van der Waals surface area contributed by atoms with Crippen molar-refractivity contribution in [2.24, 2.45) is 5.92 Å². The minimum absolute atomic E-state index is 0.0463. The molecule has 0 N–H and O–H groups in total. The Morgan fingerprint density at radius 3 is 2.71 bits per heavy atom. The van der Waals surface area contributed by atoms with Crippen molar-refractivity contribution >= 4 is 7.56 Å². The lowest BCUT2D eigenvalue weighted by molar-refractivity contribution is 0.851. The highest BCUT2D eigenvalue weighted by Gasteiger charge is 2.38. The number of nitriles is 1. The van der Waals surface area contributed by atoms with Gasteiger partial charge in [0.15, 0.2) is 0 Å². The van der Waals surface area contributed by atoms with E-state index in [-0.39, 0.29) is 19.3 Å². The minimum Gasteiger partial charge on any atom is -0.341 e. The second-order valence-electron chi connectivity index (χ2n) is 1.89. The SMILES string of the molecule is N#CC1CC1BF. The number of rotatable bonds is 1. The maximum atomic E-state index is 11.5. The van der Waals surface area contributed by atoms with Crippen LogP contribution in [0.4, 0.5) is 4.32 Å². The Balaban J connectivity index is 2.21. The molecule has 2 unspecified atom stereocenters. The largest absolute Gasteiger partial charge is 0.341 e. The van der Waals surface area contributed by atoms with E-state index in [4.69, 9.17) is 5.26 Å². The lowest BCUT2D eigenvalue weighted by Gasteiger charge is -1.70. The van der Waals surface area contributed by atoms with Gasteiger partial charge in [0, 0.05) is 5.92 Å². The molecule has 1 aliphatic rings. The van der Waals surface area contributed by atoms with Gasteiger partial charge in [-0.25, -0.2) is 0 Å². The van der Waals surface area contributed by atoms with Crippen molar-refractivity contribution in [2.45, 2.75) is 12.2 Å². The Hall–Kier alpha value is -0.515. The topological polar surface area (TPSA) is 23.8 Å². The number of nitrogens with zero attached hydrogens (tertiary/aromatic N) is 1. The quantitative estimate of drug-likeness (QED) is 0.440. The Morgan fingerprint density at radius 2 is 2.57 bits per heavy atom. The second kappa shape index (κ2) is 1.53. The third-order valence-electron chi connectivity index (χ3n) is 1.29. The molecule has 7 heavy (non-hydrogen) atoms. The van der Waals surface area contributed by atoms with Gasteiger partial charge in [-0.05, 0) is 12.2 Å². The van der Waals surface area contributed by atoms with Crippen LogP contribution in [0.5, 0.6) is 0 Å². The molecule has 0 spiro atoms. The molecule has 1 fully saturated rings. The highest BCUT2D eigenvalue weighted by atomic mass is 19.1. The zero-order valence-electron chi connectivity index (χ0n) is 3.89. The third kappa shape index (κ3) is 0.740. The summed E-state index contributed by atoms with van der Waals surface area (Å²) in [5.74, 6) is 0.134. The van der Waals surface area contributed by atoms with Crippen molar-refractivity contribution in [3.05, 3.63) is 0 Å². The van der Waals surface area contributed by atoms with Crippen LogP contribution in [-0.4, -0.2) is 7.56 Å². The maximum Gasteiger partial charge on any atom is 0.335 e. The van der Waals surface area contributed by atoms with Crippen LogP contribution < -0.4 is 0 Å². The molecule has 0 saturated heterocycles. The van der Waals surface area contributed by atoms with Gasteiger partial charge in [0.2, 0.25) is 0 Å². The van der Waals surface area contributed by atoms with Gasteiger partial charge in [-0.1, -0.05) is 0 Å². The van der Waals surface area contributed by atoms with Gasteiger partial charge >= 0.3 is 7.56 Å². The first-order valence-electron chi connectivity index (χ1n) is 2.34. The lowest BCUT2D eigenvalue weighted by atomic mass is 9.95. The molecule has 1 nitrogen and oxygen atoms in total. The maximum absolute atomic E-state index is 11.5. The van der Waals surface area contributed by atoms with Crippen LogP contribution in [-0.2, 0) is 0 Å². The number of hydrogen-bond donors (Lipinski definition) is 0. The summed E-state index contributed by atoms with van der Waals surface area (Å²) in [4.78, 5) is 0. The molecule has 1 saturated carbocycles. The van der Waals surface area contributed by atoms with Crippen LogP contribution >= 0.6 is 0 Å². The second-order valence-corrected chi connectivity index (χ2v) is 1.89. The molecule has 2 atom stereocenters. The van der Waals surface area contributed by atoms with Crippen LogP contribution in [0.25, 0.3) is 0 Å². The molecule has 0 aromatic carbocycles. The van der Waals surface area contributed by atoms with E-state index in [0.29, 0.717) is 0 Å². The van der Waals surface area contributed by atoms with E-state index in [1.165, 1.54) is 0 Å². The summed E-state index contributed by atoms with van der Waals surface area (Å²) in [6.07, 6.45) is 0.785. The van der Waals surface area contributed by atoms with Crippen LogP contribution in [0.1, 0.15) is 6.42 Å². The summed E-state index contributed by atoms with van der Waals surface area (Å²) in [5, 5.41) is 8.09. The third-order valence-corrected chi connectivity index (χ3v) is 1.29. The Bertz CT molecular complexity index is 109. The minimum atomic E-state index is -0.307. The van der Waals surface area contributed by atoms with Crippen molar-refractivity contribution in [1.82, 2.24) is 0 Å². The molecule has 0 bridgehead atoms. The van der Waals surface area contributed by atoms with Crippen LogP contribution in [0.2, 0.25) is 5.82 Å². The summed E-state index contributed by atoms with van der Waals surface area (Å²) in [5.41, 5.74) is 0. The molecule has 3 heteroatoms. The Labute approximate surface area is 42.4 Å². The first-order valence-corrected chi connectivity index (χ1v) is 2.34. The van der Waals surface area contributed by atoms with Crippen LogP contribution in [0.3, 0.4) is 0 Å². The number of hydrogen-bond acceptors (Lipinski definition) is 1. The van der Waals surface area contributed by atoms with Crippen molar-refractivity contribution in [3.63, 3.8) is 0 Å². The van der Waals surface area contributed by atoms with Gasteiger partial charge in [-0.2, -0.15) is 5.26 Å². The van der Waals surface area contributed by atoms with Gasteiger partial charge in [-0.3, -0.25) is 0 Å². The van der Waals surface area contributed by atoms with Gasteiger partial charge in [0.25, 0.3) is 0 Å². The molecular weight excluding hydrogens is 91.9 g/mol. The number of halogens is 1. The fraction of sp³-hybridized carbons (Fsp3) is 0.750. The predicted octanol–water partition coefficient (Wildman–Crippen LogP) is 0.639. The average molecular weight is 96.9 g/mol. The first kappa shape index (κ1) is 4.64. The molecule has 0 heterocycles. The summed E-state index contributed by atoms with van der Waals surface area (Å²) >= 11 is 0. The van der Waals surface area contributed by atoms with Crippen molar-refractivity contribution in [1.29, 1.82) is 5.26 Å². The summed E-state index contributed by atoms with van der Waals surface area (Å²) in [6, 6.07) is 2.00. The van der Waals surface area contributed by atoms with E-state index in [1.807, 2.05) is 6.07 Å². The highest BCUT2D eigenvalue weighted by Crippen LogP contribution is 2.43. The standard InChI is InChI=1S/C4H5BFN/c6-5-4-1-3(4)2-7/h3-5H,1H2. The van der Waals surface area contributed by atoms with Gasteiger partial charge in [0.1, 0.15) is 0 Å². The first-order chi connectivity index (χ1) is 3.38. The predicted molar refractivity (Wildman–Crippen MR) is 25.7 cm³/mol. The Kier molecular flexibility index (Phi) is 1.02. The van der Waals surface area contributed by atoms with Crippen molar-refractivity contribution < 1.29 is 4.32 Å². The summed E-state index contributed by atoms with van der Waals surface area (Å²) in [7, 11) is -0.307. The highest BCUT2D eigenvalue weighted by molar-refractivity contribution is 6.30. The fourth-order valence-corrected chi connectivity index (χ4v) is 0.576. The normalized spacial score (nSPS) is 36.6. The van der Waals surface area contributed by atoms with Gasteiger partial charge < -0.3 is 4.32 Å². The molecule has 0 radical (unpaired) electrons. The van der Waals surface area contributed by atoms with Crippen molar-refractivity contribution in [2.75, 3.05) is 0 Å². The van der Waals surface area contributed by atoms with Gasteiger partial charge in [-0.15, -0.1) is 0 Å². The van der Waals surface area contributed by atoms with E-state index < -0.39 is 0 Å².